The van der Waals surface area contributed by atoms with Crippen molar-refractivity contribution >= 4 is 17.8 Å². The Morgan fingerprint density at radius 1 is 1.33 bits per heavy atom. The summed E-state index contributed by atoms with van der Waals surface area (Å²) in [5.41, 5.74) is 4.10. The minimum atomic E-state index is -1.92. The number of phenols is 1. The number of hydrogen-bond acceptors (Lipinski definition) is 8. The van der Waals surface area contributed by atoms with Gasteiger partial charge in [0.1, 0.15) is 29.6 Å². The summed E-state index contributed by atoms with van der Waals surface area (Å²) in [6, 6.07) is 2.84. The minimum Gasteiger partial charge on any atom is -0.550 e. The van der Waals surface area contributed by atoms with Gasteiger partial charge in [-0.25, -0.2) is 4.79 Å². The molecule has 5 atom stereocenters. The van der Waals surface area contributed by atoms with Gasteiger partial charge in [0.05, 0.1) is 6.04 Å². The van der Waals surface area contributed by atoms with Crippen LogP contribution >= 0.6 is 0 Å². The molecule has 0 saturated heterocycles. The first kappa shape index (κ1) is 23.6. The third-order valence-corrected chi connectivity index (χ3v) is 5.02. The molecule has 0 aromatic heterocycles. The van der Waals surface area contributed by atoms with Crippen LogP contribution in [0.25, 0.3) is 0 Å². The van der Waals surface area contributed by atoms with E-state index in [9.17, 15) is 34.8 Å². The molecule has 0 fully saturated rings. The topological polar surface area (TPSA) is 184 Å². The molecule has 0 bridgehead atoms. The van der Waals surface area contributed by atoms with Gasteiger partial charge in [-0.15, -0.1) is 0 Å². The fourth-order valence-corrected chi connectivity index (χ4v) is 3.50. The normalized spacial score (nSPS) is 19.9. The van der Waals surface area contributed by atoms with E-state index in [1.165, 1.54) is 6.07 Å². The fourth-order valence-electron chi connectivity index (χ4n) is 3.50. The Labute approximate surface area is 173 Å². The highest BCUT2D eigenvalue weighted by molar-refractivity contribution is 5.95. The van der Waals surface area contributed by atoms with Crippen LogP contribution in [0.2, 0.25) is 0 Å². The minimum absolute atomic E-state index is 0.0843. The number of aliphatic carboxylic acids is 1. The van der Waals surface area contributed by atoms with Crippen molar-refractivity contribution in [1.82, 2.24) is 5.32 Å². The number of aromatic hydroxyl groups is 1. The molecule has 10 heteroatoms. The van der Waals surface area contributed by atoms with Crippen LogP contribution in [0.5, 0.6) is 5.75 Å². The number of carbonyl (C=O) groups is 3. The van der Waals surface area contributed by atoms with Crippen LogP contribution in [0, 0.1) is 5.92 Å². The van der Waals surface area contributed by atoms with Crippen LogP contribution in [0.15, 0.2) is 18.2 Å². The zero-order valence-corrected chi connectivity index (χ0v) is 16.9. The monoisotopic (exact) mass is 424 g/mol. The zero-order chi connectivity index (χ0) is 22.6. The average molecular weight is 424 g/mol. The second-order valence-electron chi connectivity index (χ2n) is 7.98. The molecule has 0 radical (unpaired) electrons. The maximum Gasteiger partial charge on any atom is 0.342 e. The van der Waals surface area contributed by atoms with E-state index in [2.05, 4.69) is 11.1 Å². The van der Waals surface area contributed by atoms with E-state index in [4.69, 9.17) is 4.74 Å². The van der Waals surface area contributed by atoms with Crippen molar-refractivity contribution in [3.8, 4) is 5.75 Å². The van der Waals surface area contributed by atoms with Crippen LogP contribution in [0.3, 0.4) is 0 Å². The summed E-state index contributed by atoms with van der Waals surface area (Å²) in [4.78, 5) is 35.5. The Kier molecular flexibility index (Phi) is 7.77. The van der Waals surface area contributed by atoms with Crippen LogP contribution < -0.4 is 16.2 Å². The van der Waals surface area contributed by atoms with E-state index in [-0.39, 0.29) is 23.7 Å². The molecule has 0 spiro atoms. The van der Waals surface area contributed by atoms with E-state index >= 15 is 0 Å². The summed E-state index contributed by atoms with van der Waals surface area (Å²) in [6.07, 6.45) is -4.35. The molecule has 1 aliphatic heterocycles. The van der Waals surface area contributed by atoms with Crippen molar-refractivity contribution in [3.05, 3.63) is 29.3 Å². The molecular weight excluding hydrogens is 396 g/mol. The molecule has 0 saturated carbocycles. The predicted octanol–water partition coefficient (Wildman–Crippen LogP) is -2.52. The van der Waals surface area contributed by atoms with Gasteiger partial charge >= 0.3 is 5.97 Å². The number of esters is 1. The lowest BCUT2D eigenvalue weighted by molar-refractivity contribution is -0.444. The van der Waals surface area contributed by atoms with Gasteiger partial charge < -0.3 is 41.0 Å². The second-order valence-corrected chi connectivity index (χ2v) is 7.98. The Morgan fingerprint density at radius 2 is 2.00 bits per heavy atom. The van der Waals surface area contributed by atoms with Crippen LogP contribution in [0.4, 0.5) is 0 Å². The van der Waals surface area contributed by atoms with Gasteiger partial charge in [-0.3, -0.25) is 4.79 Å². The van der Waals surface area contributed by atoms with Crippen molar-refractivity contribution in [3.63, 3.8) is 0 Å². The van der Waals surface area contributed by atoms with Gasteiger partial charge in [-0.05, 0) is 24.0 Å². The number of ether oxygens (including phenoxy) is 1. The van der Waals surface area contributed by atoms with Gasteiger partial charge in [-0.1, -0.05) is 26.0 Å². The van der Waals surface area contributed by atoms with Gasteiger partial charge in [-0.2, -0.15) is 0 Å². The number of phenolic OH excluding ortho intramolecular Hbond substituents is 1. The SMILES string of the molecule is CC(C)CC(NC(=O)C(O)[C@@H](O)C([NH3+])CC(=O)[O-])[C@@H]1Cc2cccc(O)c2C(=O)O1. The highest BCUT2D eigenvalue weighted by atomic mass is 16.5. The molecule has 2 rings (SSSR count). The summed E-state index contributed by atoms with van der Waals surface area (Å²) in [5.74, 6) is -3.20. The average Bonchev–Trinajstić information content (AvgIpc) is 2.65. The molecule has 7 N–H and O–H groups in total. The maximum atomic E-state index is 12.5. The number of quaternary nitrogens is 1. The smallest absolute Gasteiger partial charge is 0.342 e. The number of hydrogen-bond donors (Lipinski definition) is 5. The van der Waals surface area contributed by atoms with Gasteiger partial charge in [0.15, 0.2) is 6.10 Å². The molecule has 166 valence electrons. The van der Waals surface area contributed by atoms with Gasteiger partial charge in [0.25, 0.3) is 5.91 Å². The van der Waals surface area contributed by atoms with E-state index in [0.717, 1.165) is 0 Å². The zero-order valence-electron chi connectivity index (χ0n) is 16.9. The lowest BCUT2D eigenvalue weighted by Gasteiger charge is -2.33. The van der Waals surface area contributed by atoms with Crippen molar-refractivity contribution < 1.29 is 45.3 Å². The van der Waals surface area contributed by atoms with Crippen molar-refractivity contribution in [2.75, 3.05) is 0 Å². The number of aliphatic hydroxyl groups excluding tert-OH is 2. The fraction of sp³-hybridized carbons (Fsp3) is 0.550. The molecule has 1 amide bonds. The molecular formula is C20H28N2O8. The quantitative estimate of drug-likeness (QED) is 0.269. The number of aliphatic hydroxyl groups is 2. The molecule has 10 nitrogen and oxygen atoms in total. The molecule has 30 heavy (non-hydrogen) atoms. The van der Waals surface area contributed by atoms with Crippen LogP contribution in [-0.2, 0) is 20.7 Å². The molecule has 0 aliphatic carbocycles. The summed E-state index contributed by atoms with van der Waals surface area (Å²) in [7, 11) is 0. The Morgan fingerprint density at radius 3 is 2.60 bits per heavy atom. The van der Waals surface area contributed by atoms with Crippen molar-refractivity contribution in [2.24, 2.45) is 5.92 Å². The summed E-state index contributed by atoms with van der Waals surface area (Å²) in [6.45, 7) is 3.81. The first-order valence-corrected chi connectivity index (χ1v) is 9.72. The number of carboxylic acid groups (broad SMARTS) is 1. The van der Waals surface area contributed by atoms with Gasteiger partial charge in [0, 0.05) is 18.8 Å². The van der Waals surface area contributed by atoms with Crippen molar-refractivity contribution in [1.29, 1.82) is 0 Å². The lowest BCUT2D eigenvalue weighted by atomic mass is 9.90. The van der Waals surface area contributed by atoms with E-state index in [1.807, 2.05) is 13.8 Å². The second kappa shape index (κ2) is 9.88. The van der Waals surface area contributed by atoms with Crippen LogP contribution in [0.1, 0.15) is 42.6 Å². The molecule has 1 heterocycles. The Bertz CT molecular complexity index is 797. The number of carboxylic acids is 1. The van der Waals surface area contributed by atoms with Gasteiger partial charge in [0.2, 0.25) is 0 Å². The summed E-state index contributed by atoms with van der Waals surface area (Å²) in [5, 5.41) is 43.3. The number of rotatable bonds is 9. The third-order valence-electron chi connectivity index (χ3n) is 5.02. The van der Waals surface area contributed by atoms with Crippen molar-refractivity contribution in [2.45, 2.75) is 63.5 Å². The number of nitrogens with one attached hydrogen (secondary N) is 1. The number of fused-ring (bicyclic) bond motifs is 1. The number of cyclic esters (lactones) is 1. The highest BCUT2D eigenvalue weighted by Crippen LogP contribution is 2.30. The Hall–Kier alpha value is -2.69. The maximum absolute atomic E-state index is 12.5. The lowest BCUT2D eigenvalue weighted by Crippen LogP contribution is -2.71. The summed E-state index contributed by atoms with van der Waals surface area (Å²) < 4.78 is 5.44. The number of carbonyl (C=O) groups excluding carboxylic acids is 3. The van der Waals surface area contributed by atoms with E-state index in [1.54, 1.807) is 12.1 Å². The van der Waals surface area contributed by atoms with E-state index < -0.39 is 54.7 Å². The first-order chi connectivity index (χ1) is 14.0. The predicted molar refractivity (Wildman–Crippen MR) is 101 cm³/mol. The number of benzene rings is 1. The van der Waals surface area contributed by atoms with E-state index in [0.29, 0.717) is 12.0 Å². The molecule has 1 aromatic rings. The third kappa shape index (κ3) is 5.68. The standard InChI is InChI=1S/C20H28N2O8/c1-9(2)6-12(22-19(28)18(27)17(26)11(21)8-15(24)25)14-7-10-4-3-5-13(23)16(10)20(29)30-14/h3-5,9,11-12,14,17-18,23,26-27H,6-8,21H2,1-2H3,(H,22,28)(H,24,25)/t11?,12?,14-,17-,18?/m0/s1. The Balaban J connectivity index is 2.15. The van der Waals surface area contributed by atoms with Crippen LogP contribution in [-0.4, -0.2) is 63.6 Å². The molecule has 3 unspecified atom stereocenters. The largest absolute Gasteiger partial charge is 0.550 e. The first-order valence-electron chi connectivity index (χ1n) is 9.72. The molecule has 1 aliphatic rings. The molecule has 1 aromatic carbocycles. The summed E-state index contributed by atoms with van der Waals surface area (Å²) >= 11 is 0. The number of amides is 1. The highest BCUT2D eigenvalue weighted by Gasteiger charge is 2.38.